The fourth-order valence-corrected chi connectivity index (χ4v) is 1.89. The largest absolute Gasteiger partial charge is 0.452 e. The van der Waals surface area contributed by atoms with Gasteiger partial charge in [-0.3, -0.25) is 14.6 Å². The van der Waals surface area contributed by atoms with Gasteiger partial charge >= 0.3 is 11.7 Å². The summed E-state index contributed by atoms with van der Waals surface area (Å²) in [6.07, 6.45) is 0.898. The van der Waals surface area contributed by atoms with Crippen LogP contribution in [0.2, 0.25) is 10.0 Å². The van der Waals surface area contributed by atoms with Crippen molar-refractivity contribution < 1.29 is 14.3 Å². The third kappa shape index (κ3) is 4.44. The number of aromatic nitrogens is 2. The number of rotatable bonds is 4. The summed E-state index contributed by atoms with van der Waals surface area (Å²) in [7, 11) is 0. The van der Waals surface area contributed by atoms with E-state index in [4.69, 9.17) is 23.2 Å². The number of ether oxygens (including phenoxy) is 1. The van der Waals surface area contributed by atoms with Crippen molar-refractivity contribution in [3.05, 3.63) is 60.8 Å². The lowest BCUT2D eigenvalue weighted by molar-refractivity contribution is -0.119. The first-order valence-corrected chi connectivity index (χ1v) is 6.86. The van der Waals surface area contributed by atoms with Gasteiger partial charge in [0.05, 0.1) is 10.7 Å². The van der Waals surface area contributed by atoms with Gasteiger partial charge in [-0.1, -0.05) is 23.2 Å². The third-order valence-corrected chi connectivity index (χ3v) is 3.14. The van der Waals surface area contributed by atoms with Crippen LogP contribution in [-0.4, -0.2) is 28.5 Å². The van der Waals surface area contributed by atoms with Gasteiger partial charge in [0.15, 0.2) is 6.61 Å². The minimum Gasteiger partial charge on any atom is -0.452 e. The van der Waals surface area contributed by atoms with Crippen molar-refractivity contribution in [2.24, 2.45) is 0 Å². The summed E-state index contributed by atoms with van der Waals surface area (Å²) >= 11 is 11.6. The van der Waals surface area contributed by atoms with Crippen molar-refractivity contribution in [3.8, 4) is 0 Å². The van der Waals surface area contributed by atoms with Gasteiger partial charge in [-0.25, -0.2) is 9.59 Å². The molecule has 0 aliphatic carbocycles. The number of carbonyl (C=O) groups is 2. The second-order valence-corrected chi connectivity index (χ2v) is 5.08. The van der Waals surface area contributed by atoms with E-state index in [9.17, 15) is 19.2 Å². The fourth-order valence-electron chi connectivity index (χ4n) is 1.55. The monoisotopic (exact) mass is 357 g/mol. The van der Waals surface area contributed by atoms with E-state index in [1.807, 2.05) is 4.98 Å². The van der Waals surface area contributed by atoms with Crippen LogP contribution in [-0.2, 0) is 9.53 Å². The minimum atomic E-state index is -1.06. The van der Waals surface area contributed by atoms with E-state index in [2.05, 4.69) is 15.0 Å². The second kappa shape index (κ2) is 7.12. The van der Waals surface area contributed by atoms with E-state index in [0.717, 1.165) is 6.20 Å². The van der Waals surface area contributed by atoms with Gasteiger partial charge in [0, 0.05) is 11.2 Å². The second-order valence-electron chi connectivity index (χ2n) is 4.23. The Kier molecular flexibility index (Phi) is 5.20. The molecular weight excluding hydrogens is 349 g/mol. The topological polar surface area (TPSA) is 121 Å². The van der Waals surface area contributed by atoms with Gasteiger partial charge in [-0.15, -0.1) is 0 Å². The maximum atomic E-state index is 11.7. The molecule has 0 fully saturated rings. The molecule has 3 N–H and O–H groups in total. The van der Waals surface area contributed by atoms with E-state index in [-0.39, 0.29) is 10.7 Å². The lowest BCUT2D eigenvalue weighted by atomic mass is 10.3. The average molecular weight is 358 g/mol. The third-order valence-electron chi connectivity index (χ3n) is 2.58. The Morgan fingerprint density at radius 1 is 1.22 bits per heavy atom. The summed E-state index contributed by atoms with van der Waals surface area (Å²) in [6, 6.07) is 4.46. The van der Waals surface area contributed by atoms with Crippen molar-refractivity contribution in [1.82, 2.24) is 9.97 Å². The molecule has 2 rings (SSSR count). The molecule has 10 heteroatoms. The van der Waals surface area contributed by atoms with Crippen molar-refractivity contribution in [1.29, 1.82) is 0 Å². The summed E-state index contributed by atoms with van der Waals surface area (Å²) in [5, 5.41) is 3.02. The Hall–Kier alpha value is -2.58. The van der Waals surface area contributed by atoms with Crippen LogP contribution >= 0.6 is 23.2 Å². The zero-order valence-corrected chi connectivity index (χ0v) is 12.8. The maximum absolute atomic E-state index is 11.7. The Balaban J connectivity index is 1.99. The molecule has 0 bridgehead atoms. The highest BCUT2D eigenvalue weighted by Gasteiger charge is 2.15. The zero-order chi connectivity index (χ0) is 17.0. The maximum Gasteiger partial charge on any atom is 0.345 e. The first kappa shape index (κ1) is 16.8. The number of anilines is 1. The molecule has 1 aromatic carbocycles. The molecule has 23 heavy (non-hydrogen) atoms. The van der Waals surface area contributed by atoms with Crippen molar-refractivity contribution >= 4 is 40.8 Å². The molecule has 0 atom stereocenters. The fraction of sp³-hybridized carbons (Fsp3) is 0.0769. The van der Waals surface area contributed by atoms with E-state index in [1.54, 1.807) is 6.07 Å². The molecule has 1 heterocycles. The first-order chi connectivity index (χ1) is 10.9. The first-order valence-electron chi connectivity index (χ1n) is 6.11. The summed E-state index contributed by atoms with van der Waals surface area (Å²) in [4.78, 5) is 49.6. The molecule has 8 nitrogen and oxygen atoms in total. The Labute approximate surface area is 138 Å². The highest BCUT2D eigenvalue weighted by atomic mass is 35.5. The van der Waals surface area contributed by atoms with Gasteiger partial charge < -0.3 is 15.0 Å². The molecule has 0 saturated heterocycles. The SMILES string of the molecule is O=C(COC(=O)c1c[nH]c(=O)[nH]c1=O)Nc1cc(Cl)ccc1Cl. The number of aromatic amines is 2. The van der Waals surface area contributed by atoms with Gasteiger partial charge in [-0.2, -0.15) is 0 Å². The quantitative estimate of drug-likeness (QED) is 0.709. The van der Waals surface area contributed by atoms with Crippen LogP contribution in [0, 0.1) is 0 Å². The molecule has 0 unspecified atom stereocenters. The van der Waals surface area contributed by atoms with Crippen LogP contribution in [0.5, 0.6) is 0 Å². The van der Waals surface area contributed by atoms with Crippen molar-refractivity contribution in [2.45, 2.75) is 0 Å². The van der Waals surface area contributed by atoms with E-state index >= 15 is 0 Å². The minimum absolute atomic E-state index is 0.252. The van der Waals surface area contributed by atoms with E-state index < -0.39 is 35.3 Å². The van der Waals surface area contributed by atoms with E-state index in [1.165, 1.54) is 12.1 Å². The van der Waals surface area contributed by atoms with Gasteiger partial charge in [0.25, 0.3) is 11.5 Å². The Bertz CT molecular complexity index is 874. The number of carbonyl (C=O) groups excluding carboxylic acids is 2. The average Bonchev–Trinajstić information content (AvgIpc) is 2.48. The number of nitrogens with one attached hydrogen (secondary N) is 3. The number of halogens is 2. The Morgan fingerprint density at radius 2 is 1.96 bits per heavy atom. The number of hydrogen-bond donors (Lipinski definition) is 3. The van der Waals surface area contributed by atoms with Crippen LogP contribution in [0.1, 0.15) is 10.4 Å². The summed E-state index contributed by atoms with van der Waals surface area (Å²) in [5.74, 6) is -1.74. The number of hydrogen-bond acceptors (Lipinski definition) is 5. The number of esters is 1. The number of benzene rings is 1. The van der Waals surface area contributed by atoms with Gasteiger partial charge in [-0.05, 0) is 18.2 Å². The van der Waals surface area contributed by atoms with E-state index in [0.29, 0.717) is 5.02 Å². The number of amides is 1. The molecule has 0 aliphatic heterocycles. The van der Waals surface area contributed by atoms with Gasteiger partial charge in [0.1, 0.15) is 5.56 Å². The molecule has 120 valence electrons. The normalized spacial score (nSPS) is 10.2. The van der Waals surface area contributed by atoms with Crippen LogP contribution in [0.4, 0.5) is 5.69 Å². The van der Waals surface area contributed by atoms with Crippen LogP contribution in [0.15, 0.2) is 34.0 Å². The van der Waals surface area contributed by atoms with Crippen LogP contribution in [0.25, 0.3) is 0 Å². The molecule has 0 aliphatic rings. The molecule has 0 radical (unpaired) electrons. The van der Waals surface area contributed by atoms with Crippen LogP contribution in [0.3, 0.4) is 0 Å². The zero-order valence-electron chi connectivity index (χ0n) is 11.3. The summed E-state index contributed by atoms with van der Waals surface area (Å²) in [6.45, 7) is -0.653. The smallest absolute Gasteiger partial charge is 0.345 e. The molecule has 2 aromatic rings. The lowest BCUT2D eigenvalue weighted by Crippen LogP contribution is -2.29. The molecule has 1 amide bonds. The van der Waals surface area contributed by atoms with Crippen molar-refractivity contribution in [3.63, 3.8) is 0 Å². The molecule has 0 saturated carbocycles. The standard InChI is InChI=1S/C13H9Cl2N3O5/c14-6-1-2-8(15)9(3-6)17-10(19)5-23-12(21)7-4-16-13(22)18-11(7)20/h1-4H,5H2,(H,17,19)(H2,16,18,20,22). The highest BCUT2D eigenvalue weighted by molar-refractivity contribution is 6.35. The predicted octanol–water partition coefficient (Wildman–Crippen LogP) is 1.17. The van der Waals surface area contributed by atoms with Gasteiger partial charge in [0.2, 0.25) is 0 Å². The van der Waals surface area contributed by atoms with Crippen molar-refractivity contribution in [2.75, 3.05) is 11.9 Å². The summed E-state index contributed by atoms with van der Waals surface area (Å²) < 4.78 is 4.68. The molecular formula is C13H9Cl2N3O5. The molecule has 0 spiro atoms. The highest BCUT2D eigenvalue weighted by Crippen LogP contribution is 2.25. The van der Waals surface area contributed by atoms with Crippen LogP contribution < -0.4 is 16.6 Å². The molecule has 1 aromatic heterocycles. The Morgan fingerprint density at radius 3 is 2.65 bits per heavy atom. The summed E-state index contributed by atoms with van der Waals surface area (Å²) in [5.41, 5.74) is -1.86. The lowest BCUT2D eigenvalue weighted by Gasteiger charge is -2.08. The predicted molar refractivity (Wildman–Crippen MR) is 83.1 cm³/mol. The number of H-pyrrole nitrogens is 2.